The van der Waals surface area contributed by atoms with Gasteiger partial charge >= 0.3 is 16.3 Å². The Morgan fingerprint density at radius 3 is 2.38 bits per heavy atom. The van der Waals surface area contributed by atoms with Gasteiger partial charge in [0, 0.05) is 38.8 Å². The Kier molecular flexibility index (Phi) is 7.36. The number of amides is 1. The number of ether oxygens (including phenoxy) is 1. The number of hydrogen-bond donors (Lipinski definition) is 2. The first kappa shape index (κ1) is 18.1. The fourth-order valence-electron chi connectivity index (χ4n) is 2.42. The molecule has 3 N–H and O–H groups in total. The normalized spacial score (nSPS) is 19.2. The quantitative estimate of drug-likeness (QED) is 0.668. The van der Waals surface area contributed by atoms with Crippen LogP contribution in [0.25, 0.3) is 0 Å². The lowest BCUT2D eigenvalue weighted by atomic mass is 10.1. The zero-order valence-electron chi connectivity index (χ0n) is 12.7. The topological polar surface area (TPSA) is 105 Å². The van der Waals surface area contributed by atoms with Crippen LogP contribution in [0.3, 0.4) is 0 Å². The summed E-state index contributed by atoms with van der Waals surface area (Å²) in [6.07, 6.45) is 1.11. The van der Waals surface area contributed by atoms with Crippen molar-refractivity contribution in [3.63, 3.8) is 0 Å². The summed E-state index contributed by atoms with van der Waals surface area (Å²) in [7, 11) is -3.82. The highest BCUT2D eigenvalue weighted by Crippen LogP contribution is 2.12. The highest BCUT2D eigenvalue weighted by atomic mass is 32.2. The SMILES string of the molecule is CCCC(CN)N1CCN(S(=O)(=O)NC(=O)OCC)CC1. The number of nitrogens with zero attached hydrogens (tertiary/aromatic N) is 2. The number of carbonyl (C=O) groups is 1. The molecule has 1 saturated heterocycles. The first-order valence-corrected chi connectivity index (χ1v) is 8.77. The Morgan fingerprint density at radius 1 is 1.29 bits per heavy atom. The Balaban J connectivity index is 2.53. The molecule has 1 rings (SSSR count). The second-order valence-electron chi connectivity index (χ2n) is 4.94. The van der Waals surface area contributed by atoms with Crippen LogP contribution in [0.15, 0.2) is 0 Å². The molecule has 1 fully saturated rings. The molecular weight excluding hydrogens is 296 g/mol. The second-order valence-corrected chi connectivity index (χ2v) is 6.61. The van der Waals surface area contributed by atoms with Crippen molar-refractivity contribution >= 4 is 16.3 Å². The molecule has 1 unspecified atom stereocenters. The maximum Gasteiger partial charge on any atom is 0.421 e. The van der Waals surface area contributed by atoms with Gasteiger partial charge in [-0.3, -0.25) is 4.90 Å². The van der Waals surface area contributed by atoms with Crippen molar-refractivity contribution < 1.29 is 17.9 Å². The molecule has 1 aliphatic heterocycles. The minimum atomic E-state index is -3.82. The molecule has 0 aromatic rings. The van der Waals surface area contributed by atoms with Crippen molar-refractivity contribution in [3.05, 3.63) is 0 Å². The third-order valence-electron chi connectivity index (χ3n) is 3.51. The highest BCUT2D eigenvalue weighted by Gasteiger charge is 2.30. The summed E-state index contributed by atoms with van der Waals surface area (Å²) < 4.78 is 31.8. The molecule has 0 aromatic heterocycles. The van der Waals surface area contributed by atoms with E-state index >= 15 is 0 Å². The van der Waals surface area contributed by atoms with Crippen LogP contribution in [-0.2, 0) is 14.9 Å². The lowest BCUT2D eigenvalue weighted by Crippen LogP contribution is -2.56. The Bertz CT molecular complexity index is 421. The van der Waals surface area contributed by atoms with E-state index in [4.69, 9.17) is 5.73 Å². The van der Waals surface area contributed by atoms with Crippen molar-refractivity contribution in [1.82, 2.24) is 13.9 Å². The van der Waals surface area contributed by atoms with Crippen LogP contribution in [0.5, 0.6) is 0 Å². The molecule has 0 saturated carbocycles. The number of carbonyl (C=O) groups excluding carboxylic acids is 1. The smallest absolute Gasteiger partial charge is 0.421 e. The van der Waals surface area contributed by atoms with Gasteiger partial charge in [-0.25, -0.2) is 9.52 Å². The molecule has 0 aliphatic carbocycles. The van der Waals surface area contributed by atoms with Crippen molar-refractivity contribution in [2.45, 2.75) is 32.7 Å². The third-order valence-corrected chi connectivity index (χ3v) is 4.98. The van der Waals surface area contributed by atoms with Crippen LogP contribution < -0.4 is 10.5 Å². The average molecular weight is 322 g/mol. The summed E-state index contributed by atoms with van der Waals surface area (Å²) in [5.41, 5.74) is 5.76. The summed E-state index contributed by atoms with van der Waals surface area (Å²) in [6.45, 7) is 6.34. The largest absolute Gasteiger partial charge is 0.449 e. The van der Waals surface area contributed by atoms with Crippen LogP contribution >= 0.6 is 0 Å². The van der Waals surface area contributed by atoms with E-state index in [0.717, 1.165) is 12.8 Å². The first-order chi connectivity index (χ1) is 9.94. The van der Waals surface area contributed by atoms with Crippen molar-refractivity contribution in [2.75, 3.05) is 39.3 Å². The average Bonchev–Trinajstić information content (AvgIpc) is 2.44. The molecule has 124 valence electrons. The van der Waals surface area contributed by atoms with Crippen LogP contribution in [-0.4, -0.2) is 69.1 Å². The molecule has 0 spiro atoms. The van der Waals surface area contributed by atoms with Gasteiger partial charge in [0.05, 0.1) is 6.61 Å². The van der Waals surface area contributed by atoms with Gasteiger partial charge in [-0.15, -0.1) is 0 Å². The molecule has 9 heteroatoms. The zero-order chi connectivity index (χ0) is 15.9. The number of piperazine rings is 1. The number of hydrogen-bond acceptors (Lipinski definition) is 6. The fourth-order valence-corrected chi connectivity index (χ4v) is 3.46. The van der Waals surface area contributed by atoms with E-state index in [0.29, 0.717) is 32.7 Å². The maximum absolute atomic E-state index is 12.0. The van der Waals surface area contributed by atoms with Crippen LogP contribution in [0.4, 0.5) is 4.79 Å². The lowest BCUT2D eigenvalue weighted by Gasteiger charge is -2.38. The summed E-state index contributed by atoms with van der Waals surface area (Å²) in [4.78, 5) is 13.4. The minimum Gasteiger partial charge on any atom is -0.449 e. The fraction of sp³-hybridized carbons (Fsp3) is 0.917. The zero-order valence-corrected chi connectivity index (χ0v) is 13.6. The third kappa shape index (κ3) is 5.42. The molecule has 21 heavy (non-hydrogen) atoms. The van der Waals surface area contributed by atoms with Gasteiger partial charge in [-0.2, -0.15) is 12.7 Å². The maximum atomic E-state index is 12.0. The Morgan fingerprint density at radius 2 is 1.90 bits per heavy atom. The van der Waals surface area contributed by atoms with E-state index < -0.39 is 16.3 Å². The van der Waals surface area contributed by atoms with Gasteiger partial charge in [0.2, 0.25) is 0 Å². The Hall–Kier alpha value is -0.900. The first-order valence-electron chi connectivity index (χ1n) is 7.33. The minimum absolute atomic E-state index is 0.129. The van der Waals surface area contributed by atoms with Crippen molar-refractivity contribution in [2.24, 2.45) is 5.73 Å². The molecule has 0 bridgehead atoms. The van der Waals surface area contributed by atoms with E-state index in [1.54, 1.807) is 6.92 Å². The second kappa shape index (κ2) is 8.52. The number of rotatable bonds is 7. The number of nitrogens with one attached hydrogen (secondary N) is 1. The monoisotopic (exact) mass is 322 g/mol. The van der Waals surface area contributed by atoms with Crippen LogP contribution in [0, 0.1) is 0 Å². The van der Waals surface area contributed by atoms with E-state index in [2.05, 4.69) is 16.6 Å². The predicted molar refractivity (Wildman–Crippen MR) is 80.0 cm³/mol. The predicted octanol–water partition coefficient (Wildman–Crippen LogP) is -0.278. The molecule has 1 heterocycles. The van der Waals surface area contributed by atoms with Crippen molar-refractivity contribution in [1.29, 1.82) is 0 Å². The summed E-state index contributed by atoms with van der Waals surface area (Å²) in [5, 5.41) is 0. The van der Waals surface area contributed by atoms with Gasteiger partial charge in [0.25, 0.3) is 0 Å². The summed E-state index contributed by atoms with van der Waals surface area (Å²) in [6, 6.07) is 0.290. The van der Waals surface area contributed by atoms with E-state index in [1.165, 1.54) is 4.31 Å². The molecular formula is C12H26N4O4S. The van der Waals surface area contributed by atoms with Gasteiger partial charge in [-0.1, -0.05) is 13.3 Å². The Labute approximate surface area is 126 Å². The van der Waals surface area contributed by atoms with Crippen LogP contribution in [0.2, 0.25) is 0 Å². The highest BCUT2D eigenvalue weighted by molar-refractivity contribution is 7.87. The molecule has 8 nitrogen and oxygen atoms in total. The van der Waals surface area contributed by atoms with Crippen molar-refractivity contribution in [3.8, 4) is 0 Å². The van der Waals surface area contributed by atoms with Gasteiger partial charge in [0.1, 0.15) is 0 Å². The van der Waals surface area contributed by atoms with Crippen LogP contribution in [0.1, 0.15) is 26.7 Å². The summed E-state index contributed by atoms with van der Waals surface area (Å²) >= 11 is 0. The lowest BCUT2D eigenvalue weighted by molar-refractivity contribution is 0.131. The van der Waals surface area contributed by atoms with E-state index in [9.17, 15) is 13.2 Å². The standard InChI is InChI=1S/C12H26N4O4S/c1-3-5-11(10-13)15-6-8-16(9-7-15)21(18,19)14-12(17)20-4-2/h11H,3-10,13H2,1-2H3,(H,14,17). The van der Waals surface area contributed by atoms with Gasteiger partial charge in [0.15, 0.2) is 0 Å². The summed E-state index contributed by atoms with van der Waals surface area (Å²) in [5.74, 6) is 0. The van der Waals surface area contributed by atoms with Gasteiger partial charge < -0.3 is 10.5 Å². The van der Waals surface area contributed by atoms with E-state index in [-0.39, 0.29) is 12.6 Å². The van der Waals surface area contributed by atoms with Gasteiger partial charge in [-0.05, 0) is 13.3 Å². The molecule has 1 aliphatic rings. The molecule has 0 aromatic carbocycles. The molecule has 1 atom stereocenters. The molecule has 0 radical (unpaired) electrons. The van der Waals surface area contributed by atoms with E-state index in [1.807, 2.05) is 4.72 Å². The number of nitrogens with two attached hydrogens (primary N) is 1. The molecule has 1 amide bonds.